The maximum atomic E-state index is 13.6. The summed E-state index contributed by atoms with van der Waals surface area (Å²) in [5, 5.41) is 9.87. The Morgan fingerprint density at radius 2 is 1.67 bits per heavy atom. The van der Waals surface area contributed by atoms with Crippen molar-refractivity contribution >= 4 is 29.1 Å². The number of hydrogen-bond donors (Lipinski definition) is 3. The van der Waals surface area contributed by atoms with E-state index >= 15 is 0 Å². The number of hydrazine groups is 1. The van der Waals surface area contributed by atoms with Crippen LogP contribution in [0.2, 0.25) is 0 Å². The van der Waals surface area contributed by atoms with Crippen molar-refractivity contribution in [2.45, 2.75) is 38.5 Å². The van der Waals surface area contributed by atoms with Gasteiger partial charge in [0.1, 0.15) is 5.69 Å². The van der Waals surface area contributed by atoms with Crippen LogP contribution in [0, 0.1) is 5.82 Å². The molecule has 3 rings (SSSR count). The number of carbonyl (C=O) groups excluding carboxylic acids is 3. The number of piperazine rings is 1. The zero-order valence-corrected chi connectivity index (χ0v) is 16.9. The van der Waals surface area contributed by atoms with Crippen molar-refractivity contribution in [3.05, 3.63) is 24.0 Å². The van der Waals surface area contributed by atoms with E-state index in [2.05, 4.69) is 5.43 Å². The summed E-state index contributed by atoms with van der Waals surface area (Å²) in [5.74, 6) is -0.832. The van der Waals surface area contributed by atoms with E-state index in [4.69, 9.17) is 5.21 Å². The van der Waals surface area contributed by atoms with E-state index in [-0.39, 0.29) is 30.1 Å². The van der Waals surface area contributed by atoms with Crippen molar-refractivity contribution in [3.63, 3.8) is 0 Å². The highest BCUT2D eigenvalue weighted by Crippen LogP contribution is 2.47. The third kappa shape index (κ3) is 5.90. The molecule has 164 valence electrons. The average molecular weight is 421 g/mol. The highest BCUT2D eigenvalue weighted by atomic mass is 19.1. The van der Waals surface area contributed by atoms with Crippen LogP contribution < -0.4 is 15.9 Å². The molecule has 1 fully saturated rings. The van der Waals surface area contributed by atoms with Crippen molar-refractivity contribution in [2.75, 3.05) is 37.7 Å². The lowest BCUT2D eigenvalue weighted by molar-refractivity contribution is -0.133. The van der Waals surface area contributed by atoms with Gasteiger partial charge in [-0.15, -0.1) is 0 Å². The molecular formula is C20H28FN5O4. The number of benzene rings is 1. The minimum Gasteiger partial charge on any atom is -0.340 e. The van der Waals surface area contributed by atoms with Gasteiger partial charge < -0.3 is 4.90 Å². The molecule has 10 heteroatoms. The number of carbonyl (C=O) groups is 3. The van der Waals surface area contributed by atoms with Crippen molar-refractivity contribution in [2.24, 2.45) is 0 Å². The number of hydroxylamine groups is 1. The van der Waals surface area contributed by atoms with Crippen LogP contribution in [0.1, 0.15) is 38.5 Å². The van der Waals surface area contributed by atoms with Gasteiger partial charge in [-0.3, -0.25) is 29.9 Å². The van der Waals surface area contributed by atoms with Gasteiger partial charge in [-0.05, 0) is 25.0 Å². The lowest BCUT2D eigenvalue weighted by atomic mass is 10.1. The molecule has 2 heterocycles. The smallest absolute Gasteiger partial charge is 0.252 e. The van der Waals surface area contributed by atoms with Crippen molar-refractivity contribution in [1.29, 1.82) is 0 Å². The predicted molar refractivity (Wildman–Crippen MR) is 107 cm³/mol. The highest BCUT2D eigenvalue weighted by molar-refractivity contribution is 5.96. The Bertz CT molecular complexity index is 782. The Hall–Kier alpha value is -2.72. The maximum absolute atomic E-state index is 13.6. The van der Waals surface area contributed by atoms with Crippen LogP contribution in [-0.4, -0.2) is 65.5 Å². The van der Waals surface area contributed by atoms with E-state index in [9.17, 15) is 18.8 Å². The molecule has 2 aliphatic heterocycles. The van der Waals surface area contributed by atoms with Gasteiger partial charge in [-0.2, -0.15) is 0 Å². The molecule has 1 aromatic rings. The molecule has 0 aliphatic carbocycles. The maximum Gasteiger partial charge on any atom is 0.252 e. The first-order chi connectivity index (χ1) is 14.5. The van der Waals surface area contributed by atoms with E-state index in [1.807, 2.05) is 9.80 Å². The minimum absolute atomic E-state index is 0.113. The Morgan fingerprint density at radius 3 is 2.33 bits per heavy atom. The summed E-state index contributed by atoms with van der Waals surface area (Å²) in [6.45, 7) is 2.62. The number of unbranched alkanes of at least 4 members (excludes halogenated alkanes) is 3. The first kappa shape index (κ1) is 22.0. The molecule has 0 radical (unpaired) electrons. The van der Waals surface area contributed by atoms with Gasteiger partial charge in [0.15, 0.2) is 5.82 Å². The van der Waals surface area contributed by atoms with Crippen LogP contribution in [0.4, 0.5) is 15.8 Å². The Morgan fingerprint density at radius 1 is 0.967 bits per heavy atom. The average Bonchev–Trinajstić information content (AvgIpc) is 3.44. The van der Waals surface area contributed by atoms with Crippen LogP contribution in [0.15, 0.2) is 18.2 Å². The predicted octanol–water partition coefficient (Wildman–Crippen LogP) is 1.30. The summed E-state index contributed by atoms with van der Waals surface area (Å²) in [7, 11) is 0. The minimum atomic E-state index is -0.386. The van der Waals surface area contributed by atoms with Gasteiger partial charge in [0.05, 0.1) is 12.2 Å². The van der Waals surface area contributed by atoms with Crippen LogP contribution in [0.3, 0.4) is 0 Å². The molecule has 3 N–H and O–H groups in total. The Kier molecular flexibility index (Phi) is 7.58. The molecule has 1 aromatic carbocycles. The summed E-state index contributed by atoms with van der Waals surface area (Å²) >= 11 is 0. The van der Waals surface area contributed by atoms with E-state index in [0.717, 1.165) is 19.3 Å². The fraction of sp³-hybridized carbons (Fsp3) is 0.550. The largest absolute Gasteiger partial charge is 0.340 e. The molecule has 0 bridgehead atoms. The van der Waals surface area contributed by atoms with Crippen molar-refractivity contribution in [1.82, 2.24) is 20.7 Å². The number of amides is 3. The number of nitrogens with one attached hydrogen (secondary N) is 2. The Balaban J connectivity index is 1.26. The lowest BCUT2D eigenvalue weighted by Gasteiger charge is -2.34. The normalized spacial score (nSPS) is 15.5. The van der Waals surface area contributed by atoms with Crippen LogP contribution in [0.5, 0.6) is 0 Å². The molecule has 0 unspecified atom stereocenters. The summed E-state index contributed by atoms with van der Waals surface area (Å²) in [4.78, 5) is 39.2. The first-order valence-electron chi connectivity index (χ1n) is 10.3. The van der Waals surface area contributed by atoms with Crippen molar-refractivity contribution in [3.8, 4) is 0 Å². The van der Waals surface area contributed by atoms with Crippen LogP contribution in [0.25, 0.3) is 0 Å². The number of rotatable bonds is 10. The quantitative estimate of drug-likeness (QED) is 0.228. The van der Waals surface area contributed by atoms with Gasteiger partial charge in [-0.25, -0.2) is 14.9 Å². The molecule has 30 heavy (non-hydrogen) atoms. The van der Waals surface area contributed by atoms with Gasteiger partial charge >= 0.3 is 0 Å². The van der Waals surface area contributed by atoms with Gasteiger partial charge in [0, 0.05) is 39.0 Å². The number of fused-ring (bicyclic) bond motifs is 1. The van der Waals surface area contributed by atoms with Gasteiger partial charge in [0.2, 0.25) is 11.8 Å². The highest BCUT2D eigenvalue weighted by Gasteiger charge is 2.34. The molecule has 0 saturated carbocycles. The first-order valence-corrected chi connectivity index (χ1v) is 10.3. The zero-order valence-electron chi connectivity index (χ0n) is 16.9. The number of anilines is 2. The molecule has 9 nitrogen and oxygen atoms in total. The second-order valence-corrected chi connectivity index (χ2v) is 7.58. The summed E-state index contributed by atoms with van der Waals surface area (Å²) in [5.41, 5.74) is 5.39. The summed E-state index contributed by atoms with van der Waals surface area (Å²) < 4.78 is 13.6. The second-order valence-electron chi connectivity index (χ2n) is 7.58. The van der Waals surface area contributed by atoms with E-state index in [1.54, 1.807) is 17.6 Å². The third-order valence-corrected chi connectivity index (χ3v) is 5.38. The monoisotopic (exact) mass is 421 g/mol. The molecule has 0 atom stereocenters. The molecule has 0 aromatic heterocycles. The lowest BCUT2D eigenvalue weighted by Crippen LogP contribution is -2.51. The van der Waals surface area contributed by atoms with Gasteiger partial charge in [-0.1, -0.05) is 18.9 Å². The standard InChI is InChI=1S/C20H28FN5O4/c21-15-6-5-7-16-20(15)26(16)22-18(28)14-24-10-12-25(13-11-24)19(29)9-4-2-1-3-8-17(27)23-30/h5-7,30H,1-4,8-14H2,(H,22,28)(H,23,27). The van der Waals surface area contributed by atoms with Gasteiger partial charge in [0.25, 0.3) is 5.91 Å². The molecule has 3 amide bonds. The topological polar surface area (TPSA) is 105 Å². The fourth-order valence-electron chi connectivity index (χ4n) is 3.63. The van der Waals surface area contributed by atoms with Crippen molar-refractivity contribution < 1.29 is 24.0 Å². The van der Waals surface area contributed by atoms with E-state index in [1.165, 1.54) is 11.1 Å². The van der Waals surface area contributed by atoms with Crippen LogP contribution >= 0.6 is 0 Å². The molecule has 1 saturated heterocycles. The van der Waals surface area contributed by atoms with Crippen LogP contribution in [-0.2, 0) is 14.4 Å². The number of nitrogens with zero attached hydrogens (tertiary/aromatic N) is 3. The fourth-order valence-corrected chi connectivity index (χ4v) is 3.63. The summed E-state index contributed by atoms with van der Waals surface area (Å²) in [6, 6.07) is 4.71. The Labute approximate surface area is 174 Å². The molecule has 0 spiro atoms. The third-order valence-electron chi connectivity index (χ3n) is 5.38. The van der Waals surface area contributed by atoms with E-state index < -0.39 is 0 Å². The molecule has 2 aliphatic rings. The SMILES string of the molecule is O=C(CCCCCCC(=O)N1CCN(CC(=O)NN2c3cccc(F)c32)CC1)NO. The number of hydrogen-bond acceptors (Lipinski definition) is 6. The van der Waals surface area contributed by atoms with E-state index in [0.29, 0.717) is 56.8 Å². The zero-order chi connectivity index (χ0) is 21.5. The number of para-hydroxylation sites is 1. The summed E-state index contributed by atoms with van der Waals surface area (Å²) in [6.07, 6.45) is 3.94. The molecular weight excluding hydrogens is 393 g/mol. The second kappa shape index (κ2) is 10.4. The number of halogens is 1.